The van der Waals surface area contributed by atoms with E-state index in [9.17, 15) is 8.42 Å². The summed E-state index contributed by atoms with van der Waals surface area (Å²) in [5.41, 5.74) is 7.62. The van der Waals surface area contributed by atoms with Gasteiger partial charge in [-0.1, -0.05) is 11.6 Å². The van der Waals surface area contributed by atoms with Crippen LogP contribution in [0.3, 0.4) is 0 Å². The van der Waals surface area contributed by atoms with E-state index in [0.29, 0.717) is 37.7 Å². The summed E-state index contributed by atoms with van der Waals surface area (Å²) >= 11 is 5.96. The van der Waals surface area contributed by atoms with Crippen LogP contribution in [0.25, 0.3) is 0 Å². The highest BCUT2D eigenvalue weighted by Gasteiger charge is 2.23. The van der Waals surface area contributed by atoms with Crippen LogP contribution in [0, 0.1) is 0 Å². The standard InChI is InChI=1S/C12H18ClN3O2S/c1-19(17,18)16-6-4-15(5-7-16)9-10-8-11(13)2-3-12(10)14/h2-3,8H,4-7,9,14H2,1H3. The molecule has 1 aromatic carbocycles. The second kappa shape index (κ2) is 5.66. The van der Waals surface area contributed by atoms with Crippen LogP contribution in [-0.4, -0.2) is 50.1 Å². The van der Waals surface area contributed by atoms with E-state index >= 15 is 0 Å². The SMILES string of the molecule is CS(=O)(=O)N1CCN(Cc2cc(Cl)ccc2N)CC1. The number of hydrogen-bond donors (Lipinski definition) is 1. The number of rotatable bonds is 3. The number of benzene rings is 1. The van der Waals surface area contributed by atoms with E-state index in [0.717, 1.165) is 11.3 Å². The summed E-state index contributed by atoms with van der Waals surface area (Å²) in [4.78, 5) is 2.18. The van der Waals surface area contributed by atoms with Gasteiger partial charge in [-0.3, -0.25) is 4.90 Å². The topological polar surface area (TPSA) is 66.6 Å². The number of halogens is 1. The van der Waals surface area contributed by atoms with Crippen molar-refractivity contribution in [2.45, 2.75) is 6.54 Å². The molecule has 0 atom stereocenters. The maximum absolute atomic E-state index is 11.4. The third kappa shape index (κ3) is 3.82. The number of sulfonamides is 1. The molecule has 2 rings (SSSR count). The van der Waals surface area contributed by atoms with Gasteiger partial charge in [0.25, 0.3) is 0 Å². The molecular formula is C12H18ClN3O2S. The summed E-state index contributed by atoms with van der Waals surface area (Å²) in [6, 6.07) is 5.42. The molecule has 1 aliphatic heterocycles. The maximum Gasteiger partial charge on any atom is 0.211 e. The Bertz CT molecular complexity index is 554. The van der Waals surface area contributed by atoms with Gasteiger partial charge >= 0.3 is 0 Å². The van der Waals surface area contributed by atoms with Gasteiger partial charge < -0.3 is 5.73 Å². The van der Waals surface area contributed by atoms with Crippen molar-refractivity contribution in [2.75, 3.05) is 38.2 Å². The van der Waals surface area contributed by atoms with E-state index < -0.39 is 10.0 Å². The highest BCUT2D eigenvalue weighted by Crippen LogP contribution is 2.20. The van der Waals surface area contributed by atoms with Gasteiger partial charge in [-0.15, -0.1) is 0 Å². The molecule has 0 spiro atoms. The zero-order valence-corrected chi connectivity index (χ0v) is 12.4. The van der Waals surface area contributed by atoms with E-state index in [1.165, 1.54) is 10.6 Å². The fraction of sp³-hybridized carbons (Fsp3) is 0.500. The Labute approximate surface area is 119 Å². The average molecular weight is 304 g/mol. The predicted octanol–water partition coefficient (Wildman–Crippen LogP) is 0.999. The first kappa shape index (κ1) is 14.6. The highest BCUT2D eigenvalue weighted by molar-refractivity contribution is 7.88. The third-order valence-corrected chi connectivity index (χ3v) is 4.84. The molecule has 1 fully saturated rings. The summed E-state index contributed by atoms with van der Waals surface area (Å²) in [7, 11) is -3.08. The molecule has 1 heterocycles. The van der Waals surface area contributed by atoms with Crippen molar-refractivity contribution >= 4 is 27.3 Å². The number of nitrogen functional groups attached to an aromatic ring is 1. The fourth-order valence-corrected chi connectivity index (χ4v) is 3.19. The van der Waals surface area contributed by atoms with Gasteiger partial charge in [-0.2, -0.15) is 4.31 Å². The summed E-state index contributed by atoms with van der Waals surface area (Å²) < 4.78 is 24.3. The molecule has 0 radical (unpaired) electrons. The quantitative estimate of drug-likeness (QED) is 0.846. The minimum atomic E-state index is -3.08. The zero-order valence-electron chi connectivity index (χ0n) is 10.8. The highest BCUT2D eigenvalue weighted by atomic mass is 35.5. The zero-order chi connectivity index (χ0) is 14.0. The van der Waals surface area contributed by atoms with Gasteiger partial charge in [0.05, 0.1) is 6.26 Å². The van der Waals surface area contributed by atoms with Crippen LogP contribution in [0.4, 0.5) is 5.69 Å². The summed E-state index contributed by atoms with van der Waals surface area (Å²) in [5, 5.41) is 0.666. The lowest BCUT2D eigenvalue weighted by Crippen LogP contribution is -2.47. The van der Waals surface area contributed by atoms with E-state index in [-0.39, 0.29) is 0 Å². The van der Waals surface area contributed by atoms with Crippen molar-refractivity contribution in [1.29, 1.82) is 0 Å². The Morgan fingerprint density at radius 3 is 2.47 bits per heavy atom. The summed E-state index contributed by atoms with van der Waals surface area (Å²) in [6.07, 6.45) is 1.25. The molecule has 7 heteroatoms. The Morgan fingerprint density at radius 2 is 1.89 bits per heavy atom. The monoisotopic (exact) mass is 303 g/mol. The van der Waals surface area contributed by atoms with Gasteiger partial charge in [-0.25, -0.2) is 8.42 Å². The van der Waals surface area contributed by atoms with Gasteiger partial charge in [0.1, 0.15) is 0 Å². The molecular weight excluding hydrogens is 286 g/mol. The summed E-state index contributed by atoms with van der Waals surface area (Å²) in [5.74, 6) is 0. The normalized spacial score (nSPS) is 18.6. The molecule has 1 saturated heterocycles. The molecule has 5 nitrogen and oxygen atoms in total. The fourth-order valence-electron chi connectivity index (χ4n) is 2.17. The van der Waals surface area contributed by atoms with Crippen molar-refractivity contribution in [1.82, 2.24) is 9.21 Å². The summed E-state index contributed by atoms with van der Waals surface area (Å²) in [6.45, 7) is 3.17. The molecule has 0 amide bonds. The smallest absolute Gasteiger partial charge is 0.211 e. The average Bonchev–Trinajstić information content (AvgIpc) is 2.33. The Morgan fingerprint density at radius 1 is 1.26 bits per heavy atom. The van der Waals surface area contributed by atoms with Crippen LogP contribution in [-0.2, 0) is 16.6 Å². The maximum atomic E-state index is 11.4. The molecule has 2 N–H and O–H groups in total. The van der Waals surface area contributed by atoms with Crippen LogP contribution in [0.1, 0.15) is 5.56 Å². The van der Waals surface area contributed by atoms with Crippen molar-refractivity contribution in [3.63, 3.8) is 0 Å². The molecule has 0 bridgehead atoms. The molecule has 106 valence electrons. The number of anilines is 1. The lowest BCUT2D eigenvalue weighted by Gasteiger charge is -2.33. The van der Waals surface area contributed by atoms with Gasteiger partial charge in [0, 0.05) is 43.4 Å². The van der Waals surface area contributed by atoms with E-state index in [2.05, 4.69) is 4.90 Å². The minimum absolute atomic E-state index is 0.527. The Hall–Kier alpha value is -0.820. The van der Waals surface area contributed by atoms with Crippen molar-refractivity contribution < 1.29 is 8.42 Å². The number of nitrogens with zero attached hydrogens (tertiary/aromatic N) is 2. The molecule has 1 aromatic rings. The first-order chi connectivity index (χ1) is 8.86. The lowest BCUT2D eigenvalue weighted by molar-refractivity contribution is 0.182. The molecule has 0 aliphatic carbocycles. The number of hydrogen-bond acceptors (Lipinski definition) is 4. The van der Waals surface area contributed by atoms with Crippen LogP contribution in [0.2, 0.25) is 5.02 Å². The number of nitrogens with two attached hydrogens (primary N) is 1. The van der Waals surface area contributed by atoms with Crippen LogP contribution >= 0.6 is 11.6 Å². The second-order valence-electron chi connectivity index (χ2n) is 4.78. The van der Waals surface area contributed by atoms with Crippen LogP contribution in [0.15, 0.2) is 18.2 Å². The van der Waals surface area contributed by atoms with E-state index in [1.54, 1.807) is 12.1 Å². The largest absolute Gasteiger partial charge is 0.398 e. The van der Waals surface area contributed by atoms with Gasteiger partial charge in [-0.05, 0) is 23.8 Å². The third-order valence-electron chi connectivity index (χ3n) is 3.30. The Balaban J connectivity index is 1.98. The first-order valence-corrected chi connectivity index (χ1v) is 8.30. The molecule has 1 aliphatic rings. The van der Waals surface area contributed by atoms with E-state index in [1.807, 2.05) is 6.07 Å². The van der Waals surface area contributed by atoms with Crippen LogP contribution < -0.4 is 5.73 Å². The van der Waals surface area contributed by atoms with Crippen molar-refractivity contribution in [3.05, 3.63) is 28.8 Å². The lowest BCUT2D eigenvalue weighted by atomic mass is 10.1. The van der Waals surface area contributed by atoms with Crippen molar-refractivity contribution in [3.8, 4) is 0 Å². The van der Waals surface area contributed by atoms with Gasteiger partial charge in [0.2, 0.25) is 10.0 Å². The molecule has 0 aromatic heterocycles. The molecule has 0 unspecified atom stereocenters. The van der Waals surface area contributed by atoms with E-state index in [4.69, 9.17) is 17.3 Å². The predicted molar refractivity (Wildman–Crippen MR) is 77.6 cm³/mol. The molecule has 0 saturated carbocycles. The number of piperazine rings is 1. The van der Waals surface area contributed by atoms with Crippen LogP contribution in [0.5, 0.6) is 0 Å². The second-order valence-corrected chi connectivity index (χ2v) is 7.20. The molecule has 19 heavy (non-hydrogen) atoms. The Kier molecular flexibility index (Phi) is 4.35. The first-order valence-electron chi connectivity index (χ1n) is 6.07. The van der Waals surface area contributed by atoms with Crippen molar-refractivity contribution in [2.24, 2.45) is 0 Å². The van der Waals surface area contributed by atoms with Gasteiger partial charge in [0.15, 0.2) is 0 Å². The minimum Gasteiger partial charge on any atom is -0.398 e.